The normalized spacial score (nSPS) is 29.8. The smallest absolute Gasteiger partial charge is 0.101 e. The summed E-state index contributed by atoms with van der Waals surface area (Å²) >= 11 is 0. The molecule has 0 bridgehead atoms. The Bertz CT molecular complexity index is 464. The second kappa shape index (κ2) is 4.74. The summed E-state index contributed by atoms with van der Waals surface area (Å²) in [5.74, 6) is 0.661. The predicted molar refractivity (Wildman–Crippen MR) is 68.6 cm³/mol. The van der Waals surface area contributed by atoms with E-state index < -0.39 is 11.5 Å². The Labute approximate surface area is 108 Å². The second-order valence-electron chi connectivity index (χ2n) is 5.66. The summed E-state index contributed by atoms with van der Waals surface area (Å²) in [5.41, 5.74) is 1.12. The van der Waals surface area contributed by atoms with Gasteiger partial charge in [0, 0.05) is 18.3 Å². The molecule has 1 atom stereocenters. The molecule has 1 unspecified atom stereocenters. The fraction of sp³-hybridized carbons (Fsp3) is 0.714. The molecule has 18 heavy (non-hydrogen) atoms. The lowest BCUT2D eigenvalue weighted by Crippen LogP contribution is -2.32. The standard InChI is InChI=1S/C14H21N3O/c1-10-4-6-14(9-15,7-5-10)13(18)12-8-16-17(3)11(12)2/h8,10,13,18H,4-7H2,1-3H3. The van der Waals surface area contributed by atoms with Crippen LogP contribution >= 0.6 is 0 Å². The van der Waals surface area contributed by atoms with Crippen molar-refractivity contribution in [3.8, 4) is 6.07 Å². The van der Waals surface area contributed by atoms with Crippen molar-refractivity contribution in [1.82, 2.24) is 9.78 Å². The Morgan fingerprint density at radius 2 is 2.17 bits per heavy atom. The van der Waals surface area contributed by atoms with Gasteiger partial charge >= 0.3 is 0 Å². The molecule has 1 aliphatic carbocycles. The van der Waals surface area contributed by atoms with E-state index in [1.165, 1.54) is 0 Å². The van der Waals surface area contributed by atoms with Crippen molar-refractivity contribution in [2.24, 2.45) is 18.4 Å². The summed E-state index contributed by atoms with van der Waals surface area (Å²) in [7, 11) is 1.85. The molecule has 0 spiro atoms. The molecule has 0 radical (unpaired) electrons. The molecule has 1 fully saturated rings. The third-order valence-electron chi connectivity index (χ3n) is 4.48. The molecule has 0 aliphatic heterocycles. The average molecular weight is 247 g/mol. The maximum Gasteiger partial charge on any atom is 0.101 e. The highest BCUT2D eigenvalue weighted by Crippen LogP contribution is 2.47. The molecule has 2 rings (SSSR count). The van der Waals surface area contributed by atoms with Gasteiger partial charge in [-0.1, -0.05) is 6.92 Å². The van der Waals surface area contributed by atoms with E-state index in [-0.39, 0.29) is 0 Å². The Hall–Kier alpha value is -1.34. The molecule has 98 valence electrons. The molecule has 4 heteroatoms. The zero-order chi connectivity index (χ0) is 13.3. The molecule has 1 aromatic rings. The molecular weight excluding hydrogens is 226 g/mol. The number of aliphatic hydroxyl groups is 1. The fourth-order valence-electron chi connectivity index (χ4n) is 2.81. The first-order valence-corrected chi connectivity index (χ1v) is 6.58. The number of nitrogens with zero attached hydrogens (tertiary/aromatic N) is 3. The van der Waals surface area contributed by atoms with Crippen LogP contribution in [0.2, 0.25) is 0 Å². The lowest BCUT2D eigenvalue weighted by molar-refractivity contribution is 0.0261. The summed E-state index contributed by atoms with van der Waals surface area (Å²) in [6.45, 7) is 4.14. The number of aliphatic hydroxyl groups excluding tert-OH is 1. The van der Waals surface area contributed by atoms with Crippen LogP contribution in [0.4, 0.5) is 0 Å². The number of rotatable bonds is 2. The highest BCUT2D eigenvalue weighted by molar-refractivity contribution is 5.24. The van der Waals surface area contributed by atoms with E-state index >= 15 is 0 Å². The molecule has 1 saturated carbocycles. The zero-order valence-electron chi connectivity index (χ0n) is 11.3. The van der Waals surface area contributed by atoms with E-state index in [1.807, 2.05) is 14.0 Å². The number of hydrogen-bond donors (Lipinski definition) is 1. The highest BCUT2D eigenvalue weighted by Gasteiger charge is 2.42. The molecule has 1 N–H and O–H groups in total. The Balaban J connectivity index is 2.29. The topological polar surface area (TPSA) is 61.8 Å². The number of hydrogen-bond acceptors (Lipinski definition) is 3. The van der Waals surface area contributed by atoms with Gasteiger partial charge in [0.25, 0.3) is 0 Å². The average Bonchev–Trinajstić information content (AvgIpc) is 2.71. The number of aromatic nitrogens is 2. The van der Waals surface area contributed by atoms with E-state index in [1.54, 1.807) is 10.9 Å². The van der Waals surface area contributed by atoms with Gasteiger partial charge in [-0.25, -0.2) is 0 Å². The van der Waals surface area contributed by atoms with Crippen molar-refractivity contribution in [2.75, 3.05) is 0 Å². The minimum atomic E-state index is -0.719. The van der Waals surface area contributed by atoms with E-state index in [0.29, 0.717) is 5.92 Å². The quantitative estimate of drug-likeness (QED) is 0.873. The van der Waals surface area contributed by atoms with Crippen LogP contribution < -0.4 is 0 Å². The van der Waals surface area contributed by atoms with Gasteiger partial charge < -0.3 is 5.11 Å². The predicted octanol–water partition coefficient (Wildman–Crippen LogP) is 2.48. The molecule has 1 aliphatic rings. The summed E-state index contributed by atoms with van der Waals surface area (Å²) in [6.07, 6.45) is 4.56. The molecule has 0 aromatic carbocycles. The SMILES string of the molecule is Cc1c(C(O)C2(C#N)CCC(C)CC2)cnn1C. The van der Waals surface area contributed by atoms with Gasteiger partial charge in [-0.2, -0.15) is 10.4 Å². The zero-order valence-corrected chi connectivity index (χ0v) is 11.3. The van der Waals surface area contributed by atoms with Gasteiger partial charge in [0.2, 0.25) is 0 Å². The van der Waals surface area contributed by atoms with Crippen molar-refractivity contribution in [2.45, 2.75) is 45.6 Å². The Morgan fingerprint density at radius 3 is 2.61 bits per heavy atom. The van der Waals surface area contributed by atoms with Crippen LogP contribution in [0.25, 0.3) is 0 Å². The van der Waals surface area contributed by atoms with Crippen LogP contribution in [-0.4, -0.2) is 14.9 Å². The molecule has 1 aromatic heterocycles. The van der Waals surface area contributed by atoms with Gasteiger partial charge in [-0.3, -0.25) is 4.68 Å². The van der Waals surface area contributed by atoms with Crippen molar-refractivity contribution >= 4 is 0 Å². The number of nitriles is 1. The summed E-state index contributed by atoms with van der Waals surface area (Å²) in [5, 5.41) is 24.3. The Kier molecular flexibility index (Phi) is 3.45. The van der Waals surface area contributed by atoms with Crippen LogP contribution in [0, 0.1) is 29.6 Å². The van der Waals surface area contributed by atoms with Crippen molar-refractivity contribution in [1.29, 1.82) is 5.26 Å². The van der Waals surface area contributed by atoms with Crippen molar-refractivity contribution < 1.29 is 5.11 Å². The molecule has 0 amide bonds. The first kappa shape index (κ1) is 13.1. The molecular formula is C14H21N3O. The monoisotopic (exact) mass is 247 g/mol. The second-order valence-corrected chi connectivity index (χ2v) is 5.66. The van der Waals surface area contributed by atoms with Gasteiger partial charge in [-0.05, 0) is 38.5 Å². The third kappa shape index (κ3) is 2.04. The third-order valence-corrected chi connectivity index (χ3v) is 4.48. The lowest BCUT2D eigenvalue weighted by atomic mass is 9.67. The van der Waals surface area contributed by atoms with Gasteiger partial charge in [0.1, 0.15) is 6.10 Å². The van der Waals surface area contributed by atoms with Crippen LogP contribution in [0.15, 0.2) is 6.20 Å². The molecule has 1 heterocycles. The summed E-state index contributed by atoms with van der Waals surface area (Å²) in [4.78, 5) is 0. The van der Waals surface area contributed by atoms with E-state index in [9.17, 15) is 10.4 Å². The van der Waals surface area contributed by atoms with Crippen molar-refractivity contribution in [3.63, 3.8) is 0 Å². The fourth-order valence-corrected chi connectivity index (χ4v) is 2.81. The van der Waals surface area contributed by atoms with Crippen LogP contribution in [0.3, 0.4) is 0 Å². The highest BCUT2D eigenvalue weighted by atomic mass is 16.3. The lowest BCUT2D eigenvalue weighted by Gasteiger charge is -2.37. The van der Waals surface area contributed by atoms with E-state index in [0.717, 1.165) is 36.9 Å². The molecule has 0 saturated heterocycles. The maximum atomic E-state index is 10.6. The van der Waals surface area contributed by atoms with E-state index in [2.05, 4.69) is 18.1 Å². The molecule has 4 nitrogen and oxygen atoms in total. The minimum absolute atomic E-state index is 0.625. The van der Waals surface area contributed by atoms with Crippen LogP contribution in [-0.2, 0) is 7.05 Å². The van der Waals surface area contributed by atoms with Gasteiger partial charge in [-0.15, -0.1) is 0 Å². The first-order chi connectivity index (χ1) is 8.50. The van der Waals surface area contributed by atoms with Gasteiger partial charge in [0.15, 0.2) is 0 Å². The maximum absolute atomic E-state index is 10.6. The summed E-state index contributed by atoms with van der Waals surface area (Å²) < 4.78 is 1.75. The minimum Gasteiger partial charge on any atom is -0.387 e. The Morgan fingerprint density at radius 1 is 1.56 bits per heavy atom. The van der Waals surface area contributed by atoms with E-state index in [4.69, 9.17) is 0 Å². The summed E-state index contributed by atoms with van der Waals surface area (Å²) in [6, 6.07) is 2.39. The van der Waals surface area contributed by atoms with Crippen molar-refractivity contribution in [3.05, 3.63) is 17.5 Å². The number of aryl methyl sites for hydroxylation is 1. The van der Waals surface area contributed by atoms with Crippen LogP contribution in [0.5, 0.6) is 0 Å². The van der Waals surface area contributed by atoms with Gasteiger partial charge in [0.05, 0.1) is 17.7 Å². The first-order valence-electron chi connectivity index (χ1n) is 6.58. The largest absolute Gasteiger partial charge is 0.387 e. The van der Waals surface area contributed by atoms with Crippen LogP contribution in [0.1, 0.15) is 50.0 Å².